The van der Waals surface area contributed by atoms with Gasteiger partial charge in [0, 0.05) is 35.6 Å². The Morgan fingerprint density at radius 2 is 1.05 bits per heavy atom. The van der Waals surface area contributed by atoms with Crippen LogP contribution in [0.5, 0.6) is 11.5 Å². The second-order valence-corrected chi connectivity index (χ2v) is 10.4. The third-order valence-electron chi connectivity index (χ3n) is 5.63. The van der Waals surface area contributed by atoms with Crippen LogP contribution >= 0.6 is 31.9 Å². The lowest BCUT2D eigenvalue weighted by molar-refractivity contribution is -0.132. The largest absolute Gasteiger partial charge is 0.454 e. The van der Waals surface area contributed by atoms with Gasteiger partial charge in [0.25, 0.3) is 0 Å². The number of esters is 4. The highest BCUT2D eigenvalue weighted by Gasteiger charge is 2.35. The number of benzene rings is 3. The maximum Gasteiger partial charge on any atom is 0.338 e. The minimum atomic E-state index is -0.780. The summed E-state index contributed by atoms with van der Waals surface area (Å²) in [5.41, 5.74) is 2.29. The number of fused-ring (bicyclic) bond motifs is 1. The Labute approximate surface area is 235 Å². The smallest absolute Gasteiger partial charge is 0.338 e. The van der Waals surface area contributed by atoms with Crippen molar-refractivity contribution in [3.05, 3.63) is 91.9 Å². The molecule has 0 N–H and O–H groups in total. The maximum atomic E-state index is 13.1. The number of halogens is 2. The lowest BCUT2D eigenvalue weighted by Crippen LogP contribution is -2.41. The van der Waals surface area contributed by atoms with E-state index in [1.54, 1.807) is 24.3 Å². The van der Waals surface area contributed by atoms with Crippen LogP contribution in [0.25, 0.3) is 0 Å². The van der Waals surface area contributed by atoms with Gasteiger partial charge in [-0.2, -0.15) is 0 Å². The highest BCUT2D eigenvalue weighted by molar-refractivity contribution is 9.10. The summed E-state index contributed by atoms with van der Waals surface area (Å²) in [6.07, 6.45) is -0.890. The average Bonchev–Trinajstić information content (AvgIpc) is 2.82. The lowest BCUT2D eigenvalue weighted by Gasteiger charge is -2.32. The number of ether oxygens (including phenoxy) is 4. The van der Waals surface area contributed by atoms with E-state index in [1.165, 1.54) is 26.0 Å². The van der Waals surface area contributed by atoms with Crippen molar-refractivity contribution in [1.82, 2.24) is 0 Å². The first kappa shape index (κ1) is 27.5. The van der Waals surface area contributed by atoms with Gasteiger partial charge in [0.05, 0.1) is 11.1 Å². The van der Waals surface area contributed by atoms with E-state index in [2.05, 4.69) is 31.9 Å². The van der Waals surface area contributed by atoms with Gasteiger partial charge in [-0.25, -0.2) is 9.59 Å². The Bertz CT molecular complexity index is 1310. The Kier molecular flexibility index (Phi) is 8.63. The Hall–Kier alpha value is -3.50. The van der Waals surface area contributed by atoms with E-state index in [4.69, 9.17) is 18.9 Å². The van der Waals surface area contributed by atoms with Crippen LogP contribution in [0, 0.1) is 0 Å². The molecule has 4 rings (SSSR count). The monoisotopic (exact) mass is 644 g/mol. The number of hydrogen-bond donors (Lipinski definition) is 0. The summed E-state index contributed by atoms with van der Waals surface area (Å²) in [4.78, 5) is 49.0. The van der Waals surface area contributed by atoms with Crippen molar-refractivity contribution < 1.29 is 38.1 Å². The van der Waals surface area contributed by atoms with Crippen LogP contribution in [0.1, 0.15) is 45.7 Å². The van der Waals surface area contributed by atoms with Gasteiger partial charge in [-0.3, -0.25) is 9.59 Å². The molecule has 2 atom stereocenters. The molecule has 0 radical (unpaired) electrons. The van der Waals surface area contributed by atoms with Gasteiger partial charge in [0.1, 0.15) is 23.7 Å². The molecule has 1 aliphatic carbocycles. The Morgan fingerprint density at radius 3 is 1.42 bits per heavy atom. The first-order valence-electron chi connectivity index (χ1n) is 11.5. The third-order valence-corrected chi connectivity index (χ3v) is 6.54. The Balaban J connectivity index is 1.58. The molecule has 196 valence electrons. The fourth-order valence-electron chi connectivity index (χ4n) is 4.11. The van der Waals surface area contributed by atoms with Crippen molar-refractivity contribution in [3.63, 3.8) is 0 Å². The molecule has 0 unspecified atom stereocenters. The fraction of sp³-hybridized carbons (Fsp3) is 0.214. The van der Waals surface area contributed by atoms with E-state index in [-0.39, 0.29) is 22.6 Å². The van der Waals surface area contributed by atoms with Crippen molar-refractivity contribution in [1.29, 1.82) is 0 Å². The third kappa shape index (κ3) is 7.08. The van der Waals surface area contributed by atoms with Crippen LogP contribution in [0.2, 0.25) is 0 Å². The quantitative estimate of drug-likeness (QED) is 0.252. The Morgan fingerprint density at radius 1 is 0.658 bits per heavy atom. The average molecular weight is 646 g/mol. The molecule has 0 aromatic heterocycles. The molecule has 3 aromatic rings. The van der Waals surface area contributed by atoms with Crippen LogP contribution in [0.4, 0.5) is 0 Å². The zero-order valence-corrected chi connectivity index (χ0v) is 23.5. The predicted octanol–water partition coefficient (Wildman–Crippen LogP) is 5.61. The zero-order valence-electron chi connectivity index (χ0n) is 20.4. The molecule has 0 heterocycles. The normalized spacial score (nSPS) is 16.1. The van der Waals surface area contributed by atoms with Crippen LogP contribution in [0.15, 0.2) is 69.6 Å². The van der Waals surface area contributed by atoms with Gasteiger partial charge in [-0.1, -0.05) is 56.1 Å². The van der Waals surface area contributed by atoms with Crippen molar-refractivity contribution in [2.75, 3.05) is 0 Å². The summed E-state index contributed by atoms with van der Waals surface area (Å²) in [7, 11) is 0. The van der Waals surface area contributed by atoms with Gasteiger partial charge < -0.3 is 18.9 Å². The molecule has 8 nitrogen and oxygen atoms in total. The second-order valence-electron chi connectivity index (χ2n) is 8.60. The molecule has 0 fully saturated rings. The summed E-state index contributed by atoms with van der Waals surface area (Å²) >= 11 is 6.62. The summed E-state index contributed by atoms with van der Waals surface area (Å²) in [6, 6.07) is 16.7. The standard InChI is InChI=1S/C28H22Br2O8/c1-15(31)35-23-9-19(7-21(29)13-23)27(33)37-25-11-17-5-3-4-6-18(17)12-26(25)38-28(34)20-8-22(30)14-24(10-20)36-16(2)32/h3-10,13-14,25-26H,11-12H2,1-2H3/t25-,26+. The van der Waals surface area contributed by atoms with Crippen molar-refractivity contribution in [2.45, 2.75) is 38.9 Å². The molecule has 38 heavy (non-hydrogen) atoms. The molecular weight excluding hydrogens is 624 g/mol. The molecule has 0 bridgehead atoms. The van der Waals surface area contributed by atoms with Crippen LogP contribution < -0.4 is 9.47 Å². The van der Waals surface area contributed by atoms with E-state index in [0.717, 1.165) is 11.1 Å². The molecule has 1 aliphatic rings. The van der Waals surface area contributed by atoms with Gasteiger partial charge in [0.15, 0.2) is 0 Å². The SMILES string of the molecule is CC(=O)Oc1cc(Br)cc(C(=O)O[C@H]2Cc3ccccc3C[C@H]2OC(=O)c2cc(Br)cc(OC(C)=O)c2)c1. The summed E-state index contributed by atoms with van der Waals surface area (Å²) < 4.78 is 23.0. The first-order valence-corrected chi connectivity index (χ1v) is 13.1. The molecule has 0 amide bonds. The van der Waals surface area contributed by atoms with Gasteiger partial charge >= 0.3 is 23.9 Å². The molecular formula is C28H22Br2O8. The molecule has 10 heteroatoms. The van der Waals surface area contributed by atoms with E-state index >= 15 is 0 Å². The minimum absolute atomic E-state index is 0.164. The highest BCUT2D eigenvalue weighted by Crippen LogP contribution is 2.29. The van der Waals surface area contributed by atoms with Gasteiger partial charge in [-0.05, 0) is 47.5 Å². The maximum absolute atomic E-state index is 13.1. The van der Waals surface area contributed by atoms with E-state index in [0.29, 0.717) is 21.8 Å². The first-order chi connectivity index (χ1) is 18.1. The van der Waals surface area contributed by atoms with E-state index in [1.807, 2.05) is 24.3 Å². The highest BCUT2D eigenvalue weighted by atomic mass is 79.9. The molecule has 0 spiro atoms. The minimum Gasteiger partial charge on any atom is -0.454 e. The molecule has 0 saturated heterocycles. The van der Waals surface area contributed by atoms with Crippen LogP contribution in [-0.4, -0.2) is 36.1 Å². The molecule has 0 aliphatic heterocycles. The van der Waals surface area contributed by atoms with Crippen molar-refractivity contribution >= 4 is 55.7 Å². The number of hydrogen-bond acceptors (Lipinski definition) is 8. The van der Waals surface area contributed by atoms with E-state index in [9.17, 15) is 19.2 Å². The van der Waals surface area contributed by atoms with Gasteiger partial charge in [-0.15, -0.1) is 0 Å². The summed E-state index contributed by atoms with van der Waals surface area (Å²) in [5.74, 6) is -2.00. The topological polar surface area (TPSA) is 105 Å². The van der Waals surface area contributed by atoms with Crippen LogP contribution in [-0.2, 0) is 31.9 Å². The second kappa shape index (κ2) is 11.9. The van der Waals surface area contributed by atoms with Crippen molar-refractivity contribution in [2.24, 2.45) is 0 Å². The summed E-state index contributed by atoms with van der Waals surface area (Å²) in [5, 5.41) is 0. The number of rotatable bonds is 6. The van der Waals surface area contributed by atoms with Gasteiger partial charge in [0.2, 0.25) is 0 Å². The molecule has 0 saturated carbocycles. The number of carbonyl (C=O) groups is 4. The van der Waals surface area contributed by atoms with Crippen LogP contribution in [0.3, 0.4) is 0 Å². The van der Waals surface area contributed by atoms with E-state index < -0.39 is 36.1 Å². The number of carbonyl (C=O) groups excluding carboxylic acids is 4. The predicted molar refractivity (Wildman–Crippen MR) is 143 cm³/mol. The molecule has 3 aromatic carbocycles. The fourth-order valence-corrected chi connectivity index (χ4v) is 5.05. The zero-order chi connectivity index (χ0) is 27.4. The lowest BCUT2D eigenvalue weighted by atomic mass is 9.87. The summed E-state index contributed by atoms with van der Waals surface area (Å²) in [6.45, 7) is 2.52. The van der Waals surface area contributed by atoms with Crippen molar-refractivity contribution in [3.8, 4) is 11.5 Å².